The molecule has 0 saturated carbocycles. The van der Waals surface area contributed by atoms with Crippen molar-refractivity contribution in [2.24, 2.45) is 5.92 Å². The minimum absolute atomic E-state index is 0.235. The van der Waals surface area contributed by atoms with Crippen molar-refractivity contribution in [3.05, 3.63) is 0 Å². The second-order valence-corrected chi connectivity index (χ2v) is 8.03. The molecule has 2 fully saturated rings. The number of hydrogen-bond acceptors (Lipinski definition) is 3. The van der Waals surface area contributed by atoms with Crippen molar-refractivity contribution in [1.82, 2.24) is 9.21 Å². The molecule has 18 heavy (non-hydrogen) atoms. The maximum absolute atomic E-state index is 11.8. The summed E-state index contributed by atoms with van der Waals surface area (Å²) in [4.78, 5) is 2.59. The van der Waals surface area contributed by atoms with Crippen LogP contribution in [0, 0.1) is 5.92 Å². The van der Waals surface area contributed by atoms with Crippen LogP contribution in [0.2, 0.25) is 0 Å². The van der Waals surface area contributed by atoms with Crippen LogP contribution in [-0.4, -0.2) is 55.6 Å². The molecule has 0 amide bonds. The summed E-state index contributed by atoms with van der Waals surface area (Å²) in [6, 6.07) is 0.607. The van der Waals surface area contributed by atoms with E-state index in [1.807, 2.05) is 0 Å². The van der Waals surface area contributed by atoms with Crippen LogP contribution in [0.25, 0.3) is 0 Å². The molecule has 2 rings (SSSR count). The molecule has 0 spiro atoms. The average molecular weight is 274 g/mol. The first kappa shape index (κ1) is 14.3. The number of sulfonamides is 1. The average Bonchev–Trinajstić information content (AvgIpc) is 2.39. The van der Waals surface area contributed by atoms with Crippen LogP contribution in [0.15, 0.2) is 0 Å². The highest BCUT2D eigenvalue weighted by molar-refractivity contribution is 7.89. The smallest absolute Gasteiger partial charge is 0.213 e. The lowest BCUT2D eigenvalue weighted by Gasteiger charge is -2.41. The zero-order valence-electron chi connectivity index (χ0n) is 11.6. The van der Waals surface area contributed by atoms with Crippen molar-refractivity contribution in [2.75, 3.05) is 31.9 Å². The summed E-state index contributed by atoms with van der Waals surface area (Å²) in [6.45, 7) is 7.88. The summed E-state index contributed by atoms with van der Waals surface area (Å²) in [5, 5.41) is 0. The van der Waals surface area contributed by atoms with Crippen LogP contribution < -0.4 is 0 Å². The van der Waals surface area contributed by atoms with Gasteiger partial charge >= 0.3 is 0 Å². The van der Waals surface area contributed by atoms with Crippen molar-refractivity contribution in [2.45, 2.75) is 45.6 Å². The van der Waals surface area contributed by atoms with Gasteiger partial charge in [0.25, 0.3) is 0 Å². The largest absolute Gasteiger partial charge is 0.300 e. The second kappa shape index (κ2) is 5.88. The zero-order valence-corrected chi connectivity index (χ0v) is 12.5. The van der Waals surface area contributed by atoms with Crippen molar-refractivity contribution < 1.29 is 8.42 Å². The Hall–Kier alpha value is -0.130. The fraction of sp³-hybridized carbons (Fsp3) is 1.00. The molecule has 2 aliphatic rings. The second-order valence-electron chi connectivity index (χ2n) is 5.77. The van der Waals surface area contributed by atoms with E-state index in [0.29, 0.717) is 19.1 Å². The molecule has 4 nitrogen and oxygen atoms in total. The topological polar surface area (TPSA) is 40.6 Å². The fourth-order valence-electron chi connectivity index (χ4n) is 3.23. The van der Waals surface area contributed by atoms with Crippen molar-refractivity contribution >= 4 is 10.0 Å². The minimum Gasteiger partial charge on any atom is -0.300 e. The molecule has 1 atom stereocenters. The van der Waals surface area contributed by atoms with Gasteiger partial charge < -0.3 is 4.90 Å². The number of rotatable bonds is 3. The van der Waals surface area contributed by atoms with Crippen molar-refractivity contribution in [1.29, 1.82) is 0 Å². The third-order valence-corrected chi connectivity index (χ3v) is 6.27. The summed E-state index contributed by atoms with van der Waals surface area (Å²) in [5.74, 6) is 1.04. The molecule has 2 heterocycles. The first-order valence-electron chi connectivity index (χ1n) is 7.25. The van der Waals surface area contributed by atoms with Gasteiger partial charge in [0.15, 0.2) is 0 Å². The Bertz CT molecular complexity index is 361. The lowest BCUT2D eigenvalue weighted by Crippen LogP contribution is -2.49. The standard InChI is InChI=1S/C13H26N2O2S/c1-3-18(16,17)15-9-6-13(7-10-15)14-8-4-5-12(2)11-14/h12-13H,3-11H2,1-2H3/t12-/m0/s1. The first-order chi connectivity index (χ1) is 8.53. The SMILES string of the molecule is CCS(=O)(=O)N1CCC(N2CCC[C@H](C)C2)CC1. The molecule has 2 saturated heterocycles. The van der Waals surface area contributed by atoms with E-state index in [1.54, 1.807) is 11.2 Å². The number of likely N-dealkylation sites (tertiary alicyclic amines) is 1. The van der Waals surface area contributed by atoms with Crippen LogP contribution in [0.3, 0.4) is 0 Å². The summed E-state index contributed by atoms with van der Waals surface area (Å²) in [6.07, 6.45) is 4.66. The Morgan fingerprint density at radius 3 is 2.33 bits per heavy atom. The van der Waals surface area contributed by atoms with Crippen LogP contribution in [0.1, 0.15) is 39.5 Å². The van der Waals surface area contributed by atoms with Gasteiger partial charge in [-0.2, -0.15) is 0 Å². The predicted octanol–water partition coefficient (Wildman–Crippen LogP) is 1.53. The van der Waals surface area contributed by atoms with Crippen LogP contribution in [0.4, 0.5) is 0 Å². The third-order valence-electron chi connectivity index (χ3n) is 4.39. The zero-order chi connectivity index (χ0) is 13.2. The molecule has 0 N–H and O–H groups in total. The third kappa shape index (κ3) is 3.25. The Morgan fingerprint density at radius 1 is 1.11 bits per heavy atom. The summed E-state index contributed by atoms with van der Waals surface area (Å²) < 4.78 is 25.3. The van der Waals surface area contributed by atoms with Gasteiger partial charge in [-0.15, -0.1) is 0 Å². The fourth-order valence-corrected chi connectivity index (χ4v) is 4.36. The highest BCUT2D eigenvalue weighted by Crippen LogP contribution is 2.24. The Labute approximate surface area is 111 Å². The quantitative estimate of drug-likeness (QED) is 0.784. The molecule has 0 bridgehead atoms. The Kier molecular flexibility index (Phi) is 4.67. The normalized spacial score (nSPS) is 29.6. The molecule has 0 radical (unpaired) electrons. The molecule has 0 unspecified atom stereocenters. The first-order valence-corrected chi connectivity index (χ1v) is 8.85. The van der Waals surface area contributed by atoms with E-state index in [1.165, 1.54) is 25.9 Å². The Balaban J connectivity index is 1.86. The van der Waals surface area contributed by atoms with Gasteiger partial charge in [0, 0.05) is 25.7 Å². The van der Waals surface area contributed by atoms with E-state index >= 15 is 0 Å². The number of piperidine rings is 2. The van der Waals surface area contributed by atoms with Gasteiger partial charge in [-0.1, -0.05) is 6.92 Å². The van der Waals surface area contributed by atoms with Crippen LogP contribution in [-0.2, 0) is 10.0 Å². The lowest BCUT2D eigenvalue weighted by atomic mass is 9.96. The van der Waals surface area contributed by atoms with E-state index < -0.39 is 10.0 Å². The summed E-state index contributed by atoms with van der Waals surface area (Å²) in [5.41, 5.74) is 0. The molecule has 0 aromatic heterocycles. The molecule has 5 heteroatoms. The number of nitrogens with zero attached hydrogens (tertiary/aromatic N) is 2. The highest BCUT2D eigenvalue weighted by Gasteiger charge is 2.31. The molecule has 0 aromatic carbocycles. The van der Waals surface area contributed by atoms with Crippen molar-refractivity contribution in [3.63, 3.8) is 0 Å². The minimum atomic E-state index is -2.97. The molecule has 0 aromatic rings. The van der Waals surface area contributed by atoms with E-state index in [-0.39, 0.29) is 5.75 Å². The van der Waals surface area contributed by atoms with E-state index in [0.717, 1.165) is 18.8 Å². The molecule has 106 valence electrons. The lowest BCUT2D eigenvalue weighted by molar-refractivity contribution is 0.0944. The molecule has 0 aliphatic carbocycles. The molecular formula is C13H26N2O2S. The Morgan fingerprint density at radius 2 is 1.78 bits per heavy atom. The monoisotopic (exact) mass is 274 g/mol. The predicted molar refractivity (Wildman–Crippen MR) is 74.0 cm³/mol. The van der Waals surface area contributed by atoms with E-state index in [9.17, 15) is 8.42 Å². The maximum atomic E-state index is 11.8. The van der Waals surface area contributed by atoms with Gasteiger partial charge in [0.1, 0.15) is 0 Å². The van der Waals surface area contributed by atoms with E-state index in [2.05, 4.69) is 11.8 Å². The van der Waals surface area contributed by atoms with Crippen LogP contribution >= 0.6 is 0 Å². The highest BCUT2D eigenvalue weighted by atomic mass is 32.2. The van der Waals surface area contributed by atoms with E-state index in [4.69, 9.17) is 0 Å². The number of hydrogen-bond donors (Lipinski definition) is 0. The van der Waals surface area contributed by atoms with Gasteiger partial charge in [-0.05, 0) is 45.1 Å². The van der Waals surface area contributed by atoms with Gasteiger partial charge in [0.2, 0.25) is 10.0 Å². The molecule has 2 aliphatic heterocycles. The van der Waals surface area contributed by atoms with Crippen LogP contribution in [0.5, 0.6) is 0 Å². The van der Waals surface area contributed by atoms with Crippen molar-refractivity contribution in [3.8, 4) is 0 Å². The summed E-state index contributed by atoms with van der Waals surface area (Å²) in [7, 11) is -2.97. The summed E-state index contributed by atoms with van der Waals surface area (Å²) >= 11 is 0. The maximum Gasteiger partial charge on any atom is 0.213 e. The van der Waals surface area contributed by atoms with Gasteiger partial charge in [-0.3, -0.25) is 0 Å². The molecular weight excluding hydrogens is 248 g/mol. The van der Waals surface area contributed by atoms with Gasteiger partial charge in [0.05, 0.1) is 5.75 Å². The van der Waals surface area contributed by atoms with Gasteiger partial charge in [-0.25, -0.2) is 12.7 Å².